The average molecular weight is 418 g/mol. The molecule has 5 nitrogen and oxygen atoms in total. The number of aromatic nitrogens is 4. The SMILES string of the molecule is FC1(F)CCN(c2nc(Cl)nc3n[nH]c(Cc4ccccc4C(F)(F)F)c23)C1. The number of nitrogens with zero attached hydrogens (tertiary/aromatic N) is 4. The van der Waals surface area contributed by atoms with Crippen molar-refractivity contribution in [2.24, 2.45) is 0 Å². The Morgan fingerprint density at radius 2 is 1.93 bits per heavy atom. The van der Waals surface area contributed by atoms with Crippen molar-refractivity contribution in [1.29, 1.82) is 0 Å². The average Bonchev–Trinajstić information content (AvgIpc) is 3.17. The van der Waals surface area contributed by atoms with E-state index in [1.807, 2.05) is 0 Å². The van der Waals surface area contributed by atoms with Crippen molar-refractivity contribution in [3.63, 3.8) is 0 Å². The van der Waals surface area contributed by atoms with Gasteiger partial charge in [-0.15, -0.1) is 0 Å². The standard InChI is InChI=1S/C17H13ClF5N5/c18-15-24-13-12(14(25-15)28-6-5-16(19,20)8-28)11(26-27-13)7-9-3-1-2-4-10(9)17(21,22)23/h1-4H,5-8H2,(H,24,25,26,27). The van der Waals surface area contributed by atoms with E-state index in [1.54, 1.807) is 0 Å². The lowest BCUT2D eigenvalue weighted by molar-refractivity contribution is -0.138. The molecule has 1 N–H and O–H groups in total. The van der Waals surface area contributed by atoms with Gasteiger partial charge in [0.2, 0.25) is 5.28 Å². The Morgan fingerprint density at radius 1 is 1.18 bits per heavy atom. The number of nitrogens with one attached hydrogen (secondary N) is 1. The second kappa shape index (κ2) is 6.54. The number of benzene rings is 1. The minimum atomic E-state index is -4.52. The molecular weight excluding hydrogens is 405 g/mol. The molecule has 0 bridgehead atoms. The van der Waals surface area contributed by atoms with Crippen LogP contribution in [0.1, 0.15) is 23.2 Å². The van der Waals surface area contributed by atoms with Gasteiger partial charge in [-0.3, -0.25) is 5.10 Å². The molecule has 0 amide bonds. The number of aromatic amines is 1. The molecular formula is C17H13ClF5N5. The van der Waals surface area contributed by atoms with Gasteiger partial charge in [-0.1, -0.05) is 18.2 Å². The number of hydrogen-bond donors (Lipinski definition) is 1. The summed E-state index contributed by atoms with van der Waals surface area (Å²) in [4.78, 5) is 9.36. The molecule has 1 fully saturated rings. The summed E-state index contributed by atoms with van der Waals surface area (Å²) in [6.45, 7) is -0.515. The predicted molar refractivity (Wildman–Crippen MR) is 92.7 cm³/mol. The van der Waals surface area contributed by atoms with Gasteiger partial charge >= 0.3 is 6.18 Å². The quantitative estimate of drug-likeness (QED) is 0.505. The van der Waals surface area contributed by atoms with Crippen LogP contribution in [0.2, 0.25) is 5.28 Å². The van der Waals surface area contributed by atoms with Gasteiger partial charge in [0.25, 0.3) is 5.92 Å². The third-order valence-corrected chi connectivity index (χ3v) is 4.77. The van der Waals surface area contributed by atoms with Gasteiger partial charge in [-0.05, 0) is 23.2 Å². The van der Waals surface area contributed by atoms with E-state index in [1.165, 1.54) is 23.1 Å². The molecule has 1 aliphatic rings. The molecule has 1 aliphatic heterocycles. The lowest BCUT2D eigenvalue weighted by Gasteiger charge is -2.18. The molecule has 0 atom stereocenters. The van der Waals surface area contributed by atoms with Gasteiger partial charge in [0, 0.05) is 19.4 Å². The normalized spacial score (nSPS) is 16.9. The molecule has 1 aromatic carbocycles. The number of fused-ring (bicyclic) bond motifs is 1. The third-order valence-electron chi connectivity index (χ3n) is 4.60. The van der Waals surface area contributed by atoms with Gasteiger partial charge in [0.15, 0.2) is 5.65 Å². The Bertz CT molecular complexity index is 1030. The Kier molecular flexibility index (Phi) is 4.40. The van der Waals surface area contributed by atoms with E-state index in [9.17, 15) is 22.0 Å². The first-order valence-corrected chi connectivity index (χ1v) is 8.70. The number of hydrogen-bond acceptors (Lipinski definition) is 4. The summed E-state index contributed by atoms with van der Waals surface area (Å²) >= 11 is 5.89. The maximum Gasteiger partial charge on any atom is 0.416 e. The summed E-state index contributed by atoms with van der Waals surface area (Å²) < 4.78 is 67.2. The molecule has 2 aromatic heterocycles. The minimum absolute atomic E-state index is 0.0215. The van der Waals surface area contributed by atoms with E-state index < -0.39 is 24.2 Å². The van der Waals surface area contributed by atoms with E-state index in [4.69, 9.17) is 11.6 Å². The molecule has 11 heteroatoms. The molecule has 0 spiro atoms. The fraction of sp³-hybridized carbons (Fsp3) is 0.353. The number of halogens is 6. The highest BCUT2D eigenvalue weighted by molar-refractivity contribution is 6.28. The summed E-state index contributed by atoms with van der Waals surface area (Å²) in [5.41, 5.74) is -0.339. The van der Waals surface area contributed by atoms with Crippen molar-refractivity contribution < 1.29 is 22.0 Å². The Morgan fingerprint density at radius 3 is 2.61 bits per heavy atom. The van der Waals surface area contributed by atoms with Gasteiger partial charge in [0.1, 0.15) is 5.82 Å². The molecule has 0 radical (unpaired) electrons. The molecule has 0 aliphatic carbocycles. The first-order valence-electron chi connectivity index (χ1n) is 8.32. The van der Waals surface area contributed by atoms with Gasteiger partial charge < -0.3 is 4.90 Å². The number of H-pyrrole nitrogens is 1. The third kappa shape index (κ3) is 3.48. The van der Waals surface area contributed by atoms with Crippen molar-refractivity contribution in [3.05, 3.63) is 46.4 Å². The van der Waals surface area contributed by atoms with Crippen LogP contribution in [0.15, 0.2) is 24.3 Å². The largest absolute Gasteiger partial charge is 0.416 e. The monoisotopic (exact) mass is 417 g/mol. The topological polar surface area (TPSA) is 57.7 Å². The van der Waals surface area contributed by atoms with Crippen LogP contribution >= 0.6 is 11.6 Å². The Balaban J connectivity index is 1.80. The van der Waals surface area contributed by atoms with Crippen LogP contribution in [0.3, 0.4) is 0 Å². The highest BCUT2D eigenvalue weighted by Crippen LogP contribution is 2.37. The second-order valence-corrected chi connectivity index (χ2v) is 6.91. The molecule has 1 saturated heterocycles. The van der Waals surface area contributed by atoms with Gasteiger partial charge in [-0.2, -0.15) is 28.2 Å². The fourth-order valence-corrected chi connectivity index (χ4v) is 3.51. The number of anilines is 1. The van der Waals surface area contributed by atoms with Crippen LogP contribution < -0.4 is 4.90 Å². The molecule has 0 unspecified atom stereocenters. The molecule has 148 valence electrons. The summed E-state index contributed by atoms with van der Waals surface area (Å²) in [6.07, 6.45) is -5.01. The van der Waals surface area contributed by atoms with Crippen molar-refractivity contribution in [3.8, 4) is 0 Å². The van der Waals surface area contributed by atoms with Crippen LogP contribution in [0.5, 0.6) is 0 Å². The molecule has 0 saturated carbocycles. The van der Waals surface area contributed by atoms with E-state index in [-0.39, 0.29) is 41.7 Å². The molecule has 4 rings (SSSR count). The zero-order valence-corrected chi connectivity index (χ0v) is 15.0. The predicted octanol–water partition coefficient (Wildman–Crippen LogP) is 4.46. The van der Waals surface area contributed by atoms with E-state index in [0.29, 0.717) is 11.1 Å². The second-order valence-electron chi connectivity index (χ2n) is 6.58. The van der Waals surface area contributed by atoms with Crippen LogP contribution in [-0.2, 0) is 12.6 Å². The highest BCUT2D eigenvalue weighted by Gasteiger charge is 2.40. The van der Waals surface area contributed by atoms with Gasteiger partial charge in [0.05, 0.1) is 23.2 Å². The Labute approximate surface area is 160 Å². The van der Waals surface area contributed by atoms with E-state index in [0.717, 1.165) is 6.07 Å². The zero-order chi connectivity index (χ0) is 20.1. The van der Waals surface area contributed by atoms with Crippen LogP contribution in [0, 0.1) is 0 Å². The maximum atomic E-state index is 13.7. The van der Waals surface area contributed by atoms with Gasteiger partial charge in [-0.25, -0.2) is 8.78 Å². The van der Waals surface area contributed by atoms with Crippen molar-refractivity contribution in [2.75, 3.05) is 18.0 Å². The lowest BCUT2D eigenvalue weighted by Crippen LogP contribution is -2.26. The number of alkyl halides is 5. The molecule has 28 heavy (non-hydrogen) atoms. The first-order chi connectivity index (χ1) is 13.1. The summed E-state index contributed by atoms with van der Waals surface area (Å²) in [6, 6.07) is 5.15. The molecule has 3 aromatic rings. The fourth-order valence-electron chi connectivity index (χ4n) is 3.35. The molecule has 3 heterocycles. The maximum absolute atomic E-state index is 13.7. The van der Waals surface area contributed by atoms with Crippen molar-refractivity contribution >= 4 is 28.5 Å². The first kappa shape index (κ1) is 18.9. The van der Waals surface area contributed by atoms with Crippen LogP contribution in [0.4, 0.5) is 27.8 Å². The van der Waals surface area contributed by atoms with Crippen LogP contribution in [-0.4, -0.2) is 39.2 Å². The smallest absolute Gasteiger partial charge is 0.350 e. The number of rotatable bonds is 3. The van der Waals surface area contributed by atoms with Crippen molar-refractivity contribution in [2.45, 2.75) is 24.9 Å². The lowest BCUT2D eigenvalue weighted by atomic mass is 10.0. The van der Waals surface area contributed by atoms with Crippen molar-refractivity contribution in [1.82, 2.24) is 20.2 Å². The minimum Gasteiger partial charge on any atom is -0.350 e. The summed E-state index contributed by atoms with van der Waals surface area (Å²) in [5.74, 6) is -2.74. The van der Waals surface area contributed by atoms with Crippen LogP contribution in [0.25, 0.3) is 11.0 Å². The van der Waals surface area contributed by atoms with E-state index >= 15 is 0 Å². The zero-order valence-electron chi connectivity index (χ0n) is 14.2. The summed E-state index contributed by atoms with van der Waals surface area (Å²) in [7, 11) is 0. The summed E-state index contributed by atoms with van der Waals surface area (Å²) in [5, 5.41) is 6.76. The Hall–Kier alpha value is -2.49. The van der Waals surface area contributed by atoms with E-state index in [2.05, 4.69) is 20.2 Å². The highest BCUT2D eigenvalue weighted by atomic mass is 35.5.